The molecular weight excluding hydrogens is 373 g/mol. The molecule has 0 aliphatic carbocycles. The summed E-state index contributed by atoms with van der Waals surface area (Å²) in [6.07, 6.45) is -4.55. The Balaban J connectivity index is 1.84. The topological polar surface area (TPSA) is 64.8 Å². The summed E-state index contributed by atoms with van der Waals surface area (Å²) >= 11 is 0. The van der Waals surface area contributed by atoms with Gasteiger partial charge in [0, 0.05) is 25.2 Å². The average molecular weight is 394 g/mol. The van der Waals surface area contributed by atoms with E-state index in [1.807, 2.05) is 0 Å². The second-order valence-corrected chi connectivity index (χ2v) is 6.33. The summed E-state index contributed by atoms with van der Waals surface area (Å²) in [6.45, 7) is 2.18. The quantitative estimate of drug-likeness (QED) is 0.846. The molecular formula is C20H21F3N2O3. The van der Waals surface area contributed by atoms with Crippen LogP contribution in [0.2, 0.25) is 0 Å². The van der Waals surface area contributed by atoms with Crippen molar-refractivity contribution in [3.8, 4) is 16.9 Å². The van der Waals surface area contributed by atoms with Crippen LogP contribution < -0.4 is 10.5 Å². The first-order valence-corrected chi connectivity index (χ1v) is 8.91. The second-order valence-electron chi connectivity index (χ2n) is 6.33. The first-order valence-electron chi connectivity index (χ1n) is 8.91. The highest BCUT2D eigenvalue weighted by molar-refractivity contribution is 5.94. The van der Waals surface area contributed by atoms with Gasteiger partial charge in [-0.1, -0.05) is 18.2 Å². The Morgan fingerprint density at radius 3 is 2.32 bits per heavy atom. The minimum absolute atomic E-state index is 0.000769. The van der Waals surface area contributed by atoms with Crippen molar-refractivity contribution in [1.29, 1.82) is 0 Å². The van der Waals surface area contributed by atoms with Crippen LogP contribution >= 0.6 is 0 Å². The highest BCUT2D eigenvalue weighted by Crippen LogP contribution is 2.38. The van der Waals surface area contributed by atoms with Crippen molar-refractivity contribution in [2.24, 2.45) is 5.73 Å². The van der Waals surface area contributed by atoms with E-state index in [9.17, 15) is 18.0 Å². The molecule has 0 radical (unpaired) electrons. The SMILES string of the molecule is NCCOc1ccc(-c2ccc(C(=O)N3CCOCC3)cc2)cc1C(F)(F)F. The lowest BCUT2D eigenvalue weighted by Crippen LogP contribution is -2.40. The molecule has 8 heteroatoms. The first kappa shape index (κ1) is 20.2. The van der Waals surface area contributed by atoms with Gasteiger partial charge in [-0.05, 0) is 35.4 Å². The molecule has 0 atom stereocenters. The number of amides is 1. The van der Waals surface area contributed by atoms with Gasteiger partial charge in [0.25, 0.3) is 5.91 Å². The number of carbonyl (C=O) groups excluding carboxylic acids is 1. The molecule has 0 bridgehead atoms. The van der Waals surface area contributed by atoms with Gasteiger partial charge in [0.15, 0.2) is 0 Å². The molecule has 3 rings (SSSR count). The van der Waals surface area contributed by atoms with Gasteiger partial charge in [-0.3, -0.25) is 4.79 Å². The van der Waals surface area contributed by atoms with E-state index >= 15 is 0 Å². The van der Waals surface area contributed by atoms with Crippen molar-refractivity contribution in [2.45, 2.75) is 6.18 Å². The van der Waals surface area contributed by atoms with Crippen molar-refractivity contribution >= 4 is 5.91 Å². The van der Waals surface area contributed by atoms with Gasteiger partial charge in [-0.15, -0.1) is 0 Å². The van der Waals surface area contributed by atoms with Gasteiger partial charge >= 0.3 is 6.18 Å². The smallest absolute Gasteiger partial charge is 0.419 e. The Kier molecular flexibility index (Phi) is 6.21. The molecule has 1 saturated heterocycles. The van der Waals surface area contributed by atoms with Crippen LogP contribution in [0.15, 0.2) is 42.5 Å². The summed E-state index contributed by atoms with van der Waals surface area (Å²) in [4.78, 5) is 14.2. The second kappa shape index (κ2) is 8.62. The van der Waals surface area contributed by atoms with Crippen LogP contribution in [0.25, 0.3) is 11.1 Å². The molecule has 5 nitrogen and oxygen atoms in total. The Hall–Kier alpha value is -2.58. The summed E-state index contributed by atoms with van der Waals surface area (Å²) in [5.41, 5.74) is 5.91. The maximum Gasteiger partial charge on any atom is 0.419 e. The first-order chi connectivity index (χ1) is 13.4. The average Bonchev–Trinajstić information content (AvgIpc) is 2.71. The summed E-state index contributed by atoms with van der Waals surface area (Å²) in [7, 11) is 0. The minimum atomic E-state index is -4.55. The Bertz CT molecular complexity index is 816. The Morgan fingerprint density at radius 1 is 1.07 bits per heavy atom. The lowest BCUT2D eigenvalue weighted by Gasteiger charge is -2.26. The van der Waals surface area contributed by atoms with Crippen LogP contribution in [0.1, 0.15) is 15.9 Å². The zero-order chi connectivity index (χ0) is 20.1. The summed E-state index contributed by atoms with van der Waals surface area (Å²) in [6, 6.07) is 10.4. The van der Waals surface area contributed by atoms with Crippen LogP contribution in [0.4, 0.5) is 13.2 Å². The van der Waals surface area contributed by atoms with Crippen molar-refractivity contribution in [1.82, 2.24) is 4.90 Å². The van der Waals surface area contributed by atoms with Crippen molar-refractivity contribution in [3.63, 3.8) is 0 Å². The Labute approximate surface area is 160 Å². The fourth-order valence-electron chi connectivity index (χ4n) is 2.98. The number of benzene rings is 2. The van der Waals surface area contributed by atoms with Crippen LogP contribution in [0.3, 0.4) is 0 Å². The third-order valence-corrected chi connectivity index (χ3v) is 4.42. The predicted molar refractivity (Wildman–Crippen MR) is 98.2 cm³/mol. The predicted octanol–water partition coefficient (Wildman–Crippen LogP) is 3.18. The van der Waals surface area contributed by atoms with E-state index in [0.717, 1.165) is 6.07 Å². The molecule has 1 fully saturated rings. The largest absolute Gasteiger partial charge is 0.492 e. The van der Waals surface area contributed by atoms with Gasteiger partial charge in [-0.2, -0.15) is 13.2 Å². The number of morpholine rings is 1. The normalized spacial score (nSPS) is 14.8. The Morgan fingerprint density at radius 2 is 1.71 bits per heavy atom. The molecule has 1 amide bonds. The van der Waals surface area contributed by atoms with E-state index in [-0.39, 0.29) is 24.8 Å². The molecule has 0 saturated carbocycles. The van der Waals surface area contributed by atoms with E-state index in [2.05, 4.69) is 0 Å². The molecule has 1 heterocycles. The summed E-state index contributed by atoms with van der Waals surface area (Å²) in [5, 5.41) is 0. The van der Waals surface area contributed by atoms with Gasteiger partial charge < -0.3 is 20.1 Å². The number of halogens is 3. The highest BCUT2D eigenvalue weighted by Gasteiger charge is 2.34. The minimum Gasteiger partial charge on any atom is -0.492 e. The van der Waals surface area contributed by atoms with Crippen LogP contribution in [-0.4, -0.2) is 50.3 Å². The van der Waals surface area contributed by atoms with E-state index in [1.54, 1.807) is 35.2 Å². The van der Waals surface area contributed by atoms with Crippen molar-refractivity contribution in [3.05, 3.63) is 53.6 Å². The zero-order valence-corrected chi connectivity index (χ0v) is 15.2. The number of rotatable bonds is 5. The number of ether oxygens (including phenoxy) is 2. The summed E-state index contributed by atoms with van der Waals surface area (Å²) in [5.74, 6) is -0.364. The molecule has 0 aromatic heterocycles. The van der Waals surface area contributed by atoms with Crippen LogP contribution in [-0.2, 0) is 10.9 Å². The highest BCUT2D eigenvalue weighted by atomic mass is 19.4. The van der Waals surface area contributed by atoms with Gasteiger partial charge in [0.05, 0.1) is 18.8 Å². The van der Waals surface area contributed by atoms with E-state index < -0.39 is 11.7 Å². The monoisotopic (exact) mass is 394 g/mol. The fraction of sp³-hybridized carbons (Fsp3) is 0.350. The number of alkyl halides is 3. The summed E-state index contributed by atoms with van der Waals surface area (Å²) < 4.78 is 50.5. The lowest BCUT2D eigenvalue weighted by molar-refractivity contribution is -0.138. The van der Waals surface area contributed by atoms with E-state index in [1.165, 1.54) is 6.07 Å². The molecule has 2 N–H and O–H groups in total. The molecule has 0 spiro atoms. The van der Waals surface area contributed by atoms with Crippen LogP contribution in [0, 0.1) is 0 Å². The molecule has 0 unspecified atom stereocenters. The standard InChI is InChI=1S/C20H21F3N2O3/c21-20(22,23)17-13-16(5-6-18(17)28-10-7-24)14-1-3-15(4-2-14)19(26)25-8-11-27-12-9-25/h1-6,13H,7-12,24H2. The van der Waals surface area contributed by atoms with E-state index in [4.69, 9.17) is 15.2 Å². The number of hydrogen-bond acceptors (Lipinski definition) is 4. The zero-order valence-electron chi connectivity index (χ0n) is 15.2. The maximum atomic E-state index is 13.4. The molecule has 2 aromatic rings. The molecule has 1 aliphatic rings. The number of carbonyl (C=O) groups is 1. The molecule has 1 aliphatic heterocycles. The molecule has 28 heavy (non-hydrogen) atoms. The third kappa shape index (κ3) is 4.63. The third-order valence-electron chi connectivity index (χ3n) is 4.42. The van der Waals surface area contributed by atoms with Gasteiger partial charge in [0.2, 0.25) is 0 Å². The van der Waals surface area contributed by atoms with Gasteiger partial charge in [0.1, 0.15) is 12.4 Å². The molecule has 150 valence electrons. The molecule has 2 aromatic carbocycles. The number of nitrogens with two attached hydrogens (primary N) is 1. The lowest BCUT2D eigenvalue weighted by atomic mass is 10.0. The fourth-order valence-corrected chi connectivity index (χ4v) is 2.98. The van der Waals surface area contributed by atoms with E-state index in [0.29, 0.717) is 43.0 Å². The van der Waals surface area contributed by atoms with Gasteiger partial charge in [-0.25, -0.2) is 0 Å². The maximum absolute atomic E-state index is 13.4. The van der Waals surface area contributed by atoms with Crippen LogP contribution in [0.5, 0.6) is 5.75 Å². The van der Waals surface area contributed by atoms with Crippen molar-refractivity contribution < 1.29 is 27.4 Å². The number of hydrogen-bond donors (Lipinski definition) is 1. The number of nitrogens with zero attached hydrogens (tertiary/aromatic N) is 1. The van der Waals surface area contributed by atoms with Crippen molar-refractivity contribution in [2.75, 3.05) is 39.5 Å².